The van der Waals surface area contributed by atoms with Gasteiger partial charge in [-0.2, -0.15) is 10.4 Å². The van der Waals surface area contributed by atoms with Gasteiger partial charge < -0.3 is 0 Å². The van der Waals surface area contributed by atoms with Crippen molar-refractivity contribution in [2.75, 3.05) is 5.43 Å². The summed E-state index contributed by atoms with van der Waals surface area (Å²) in [5, 5.41) is 12.3. The van der Waals surface area contributed by atoms with Gasteiger partial charge in [-0.05, 0) is 24.3 Å². The maximum absolute atomic E-state index is 8.61. The van der Waals surface area contributed by atoms with Crippen LogP contribution in [-0.4, -0.2) is 5.17 Å². The second kappa shape index (κ2) is 6.73. The van der Waals surface area contributed by atoms with E-state index in [4.69, 9.17) is 51.7 Å². The fourth-order valence-electron chi connectivity index (χ4n) is 0.860. The van der Waals surface area contributed by atoms with Crippen LogP contribution in [0.15, 0.2) is 38.9 Å². The summed E-state index contributed by atoms with van der Waals surface area (Å²) in [6.07, 6.45) is 0. The Hall–Kier alpha value is -0.920. The zero-order valence-corrected chi connectivity index (χ0v) is 11.2. The number of anilines is 1. The zero-order valence-electron chi connectivity index (χ0n) is 8.22. The molecule has 0 amide bonds. The molecule has 88 valence electrons. The van der Waals surface area contributed by atoms with Crippen LogP contribution in [-0.2, 0) is 0 Å². The molecule has 0 aromatic heterocycles. The number of nitriles is 1. The molecule has 1 rings (SSSR count). The number of hydrogen-bond donors (Lipinski definition) is 1. The van der Waals surface area contributed by atoms with Crippen LogP contribution >= 0.6 is 46.4 Å². The van der Waals surface area contributed by atoms with Gasteiger partial charge in [0.25, 0.3) is 0 Å². The highest BCUT2D eigenvalue weighted by atomic mass is 35.5. The molecule has 0 aliphatic carbocycles. The van der Waals surface area contributed by atoms with E-state index in [1.807, 2.05) is 6.07 Å². The van der Waals surface area contributed by atoms with Crippen molar-refractivity contribution in [3.8, 4) is 6.07 Å². The normalized spacial score (nSPS) is 10.6. The van der Waals surface area contributed by atoms with Crippen LogP contribution in [0.5, 0.6) is 0 Å². The van der Waals surface area contributed by atoms with E-state index >= 15 is 0 Å². The van der Waals surface area contributed by atoms with E-state index in [2.05, 4.69) is 10.5 Å². The zero-order chi connectivity index (χ0) is 12.8. The van der Waals surface area contributed by atoms with Crippen molar-refractivity contribution in [1.29, 1.82) is 5.26 Å². The predicted octanol–water partition coefficient (Wildman–Crippen LogP) is 4.41. The summed E-state index contributed by atoms with van der Waals surface area (Å²) in [7, 11) is 0. The topological polar surface area (TPSA) is 48.2 Å². The summed E-state index contributed by atoms with van der Waals surface area (Å²) in [5.74, 6) is 0. The lowest BCUT2D eigenvalue weighted by Gasteiger charge is -2.01. The van der Waals surface area contributed by atoms with Gasteiger partial charge in [0.05, 0.1) is 17.3 Å². The van der Waals surface area contributed by atoms with E-state index in [-0.39, 0.29) is 14.7 Å². The Kier molecular flexibility index (Phi) is 5.60. The Balaban J connectivity index is 2.77. The van der Waals surface area contributed by atoms with E-state index in [9.17, 15) is 0 Å². The van der Waals surface area contributed by atoms with E-state index in [1.54, 1.807) is 24.3 Å². The molecule has 0 atom stereocenters. The fraction of sp³-hybridized carbons (Fsp3) is 0. The monoisotopic (exact) mass is 307 g/mol. The molecule has 0 heterocycles. The van der Waals surface area contributed by atoms with Gasteiger partial charge in [0.1, 0.15) is 9.52 Å². The van der Waals surface area contributed by atoms with Gasteiger partial charge in [-0.3, -0.25) is 5.43 Å². The maximum Gasteiger partial charge on any atom is 0.170 e. The Labute approximate surface area is 118 Å². The minimum atomic E-state index is -0.165. The highest BCUT2D eigenvalue weighted by Gasteiger charge is 2.05. The van der Waals surface area contributed by atoms with E-state index in [1.165, 1.54) is 0 Å². The first-order valence-electron chi connectivity index (χ1n) is 4.25. The average Bonchev–Trinajstić information content (AvgIpc) is 2.35. The molecule has 0 saturated carbocycles. The third-order valence-corrected chi connectivity index (χ3v) is 2.95. The van der Waals surface area contributed by atoms with Crippen LogP contribution in [0.1, 0.15) is 5.56 Å². The van der Waals surface area contributed by atoms with Crippen molar-refractivity contribution in [2.45, 2.75) is 0 Å². The number of benzene rings is 1. The molecular weight excluding hydrogens is 304 g/mol. The van der Waals surface area contributed by atoms with Crippen LogP contribution in [0.3, 0.4) is 0 Å². The number of hydrazone groups is 1. The van der Waals surface area contributed by atoms with Gasteiger partial charge in [-0.1, -0.05) is 46.4 Å². The number of halogens is 4. The number of hydrogen-bond acceptors (Lipinski definition) is 3. The molecule has 0 bridgehead atoms. The Morgan fingerprint density at radius 3 is 2.18 bits per heavy atom. The quantitative estimate of drug-likeness (QED) is 0.664. The first-order chi connectivity index (χ1) is 8.04. The minimum Gasteiger partial charge on any atom is -0.277 e. The highest BCUT2D eigenvalue weighted by molar-refractivity contribution is 6.79. The molecule has 0 saturated heterocycles. The van der Waals surface area contributed by atoms with Crippen molar-refractivity contribution in [3.63, 3.8) is 0 Å². The summed E-state index contributed by atoms with van der Waals surface area (Å²) < 4.78 is -0.165. The molecule has 1 aromatic rings. The molecule has 1 aromatic carbocycles. The molecule has 0 aliphatic heterocycles. The summed E-state index contributed by atoms with van der Waals surface area (Å²) in [6, 6.07) is 8.62. The molecule has 0 spiro atoms. The lowest BCUT2D eigenvalue weighted by molar-refractivity contribution is 1.34. The van der Waals surface area contributed by atoms with Crippen LogP contribution < -0.4 is 5.43 Å². The number of allylic oxidation sites excluding steroid dienone is 1. The standard InChI is InChI=1S/C10H5Cl4N3/c11-8(9(12)13)10(14)17-16-7-3-1-6(5-15)2-4-7/h1-4,16H/b17-10-. The van der Waals surface area contributed by atoms with Gasteiger partial charge in [-0.25, -0.2) is 0 Å². The lowest BCUT2D eigenvalue weighted by Crippen LogP contribution is -1.95. The number of rotatable bonds is 3. The largest absolute Gasteiger partial charge is 0.277 e. The lowest BCUT2D eigenvalue weighted by atomic mass is 10.2. The molecule has 0 aliphatic rings. The average molecular weight is 309 g/mol. The van der Waals surface area contributed by atoms with Crippen molar-refractivity contribution in [2.24, 2.45) is 5.10 Å². The second-order valence-electron chi connectivity index (χ2n) is 2.78. The molecule has 7 heteroatoms. The Bertz CT molecular complexity index is 495. The summed E-state index contributed by atoms with van der Waals surface area (Å²) >= 11 is 22.2. The SMILES string of the molecule is N#Cc1ccc(N/N=C(\Cl)C(Cl)=C(Cl)Cl)cc1. The van der Waals surface area contributed by atoms with Gasteiger partial charge in [-0.15, -0.1) is 0 Å². The highest BCUT2D eigenvalue weighted by Crippen LogP contribution is 2.21. The van der Waals surface area contributed by atoms with Crippen molar-refractivity contribution < 1.29 is 0 Å². The minimum absolute atomic E-state index is 0.0452. The van der Waals surface area contributed by atoms with Gasteiger partial charge >= 0.3 is 0 Å². The molecule has 0 radical (unpaired) electrons. The van der Waals surface area contributed by atoms with Crippen molar-refractivity contribution in [3.05, 3.63) is 39.4 Å². The fourth-order valence-corrected chi connectivity index (χ4v) is 1.31. The van der Waals surface area contributed by atoms with Crippen molar-refractivity contribution >= 4 is 57.3 Å². The molecule has 0 fully saturated rings. The third kappa shape index (κ3) is 4.45. The van der Waals surface area contributed by atoms with Crippen LogP contribution in [0.25, 0.3) is 0 Å². The van der Waals surface area contributed by atoms with Gasteiger partial charge in [0, 0.05) is 0 Å². The third-order valence-electron chi connectivity index (χ3n) is 1.64. The molecule has 1 N–H and O–H groups in total. The smallest absolute Gasteiger partial charge is 0.170 e. The van der Waals surface area contributed by atoms with E-state index in [0.717, 1.165) is 0 Å². The molecule has 3 nitrogen and oxygen atoms in total. The first kappa shape index (κ1) is 14.1. The molecule has 17 heavy (non-hydrogen) atoms. The number of nitrogens with zero attached hydrogens (tertiary/aromatic N) is 2. The molecule has 0 unspecified atom stereocenters. The van der Waals surface area contributed by atoms with Gasteiger partial charge in [0.15, 0.2) is 5.17 Å². The van der Waals surface area contributed by atoms with Crippen LogP contribution in [0.2, 0.25) is 0 Å². The predicted molar refractivity (Wildman–Crippen MR) is 72.7 cm³/mol. The Morgan fingerprint density at radius 1 is 1.12 bits per heavy atom. The van der Waals surface area contributed by atoms with Crippen LogP contribution in [0.4, 0.5) is 5.69 Å². The van der Waals surface area contributed by atoms with Crippen LogP contribution in [0, 0.1) is 11.3 Å². The summed E-state index contributed by atoms with van der Waals surface area (Å²) in [5.41, 5.74) is 3.84. The second-order valence-corrected chi connectivity index (χ2v) is 4.46. The van der Waals surface area contributed by atoms with E-state index in [0.29, 0.717) is 11.3 Å². The maximum atomic E-state index is 8.61. The Morgan fingerprint density at radius 2 is 1.71 bits per heavy atom. The van der Waals surface area contributed by atoms with E-state index < -0.39 is 0 Å². The van der Waals surface area contributed by atoms with Crippen molar-refractivity contribution in [1.82, 2.24) is 0 Å². The molecular formula is C10H5Cl4N3. The number of nitrogens with one attached hydrogen (secondary N) is 1. The first-order valence-corrected chi connectivity index (χ1v) is 5.76. The van der Waals surface area contributed by atoms with Gasteiger partial charge in [0.2, 0.25) is 0 Å². The summed E-state index contributed by atoms with van der Waals surface area (Å²) in [4.78, 5) is 0. The summed E-state index contributed by atoms with van der Waals surface area (Å²) in [6.45, 7) is 0.